The van der Waals surface area contributed by atoms with E-state index < -0.39 is 55.2 Å². The van der Waals surface area contributed by atoms with Crippen molar-refractivity contribution in [1.82, 2.24) is 0 Å². The van der Waals surface area contributed by atoms with E-state index in [1.165, 1.54) is 43.5 Å². The fourth-order valence-electron chi connectivity index (χ4n) is 3.80. The third-order valence-electron chi connectivity index (χ3n) is 5.61. The van der Waals surface area contributed by atoms with Crippen LogP contribution in [0.4, 0.5) is 0 Å². The fraction of sp³-hybridized carbons (Fsp3) is 0.250. The molecule has 192 valence electrons. The van der Waals surface area contributed by atoms with Gasteiger partial charge >= 0.3 is 17.9 Å². The summed E-state index contributed by atoms with van der Waals surface area (Å²) in [5, 5.41) is 10.4. The molecule has 1 fully saturated rings. The minimum absolute atomic E-state index is 0.0814. The maximum absolute atomic E-state index is 13.0. The summed E-state index contributed by atoms with van der Waals surface area (Å²) in [6.07, 6.45) is -7.98. The maximum Gasteiger partial charge on any atom is 0.338 e. The van der Waals surface area contributed by atoms with Crippen LogP contribution in [0.15, 0.2) is 91.0 Å². The number of aliphatic hydroxyl groups is 1. The van der Waals surface area contributed by atoms with E-state index in [2.05, 4.69) is 0 Å². The molecule has 1 aliphatic heterocycles. The van der Waals surface area contributed by atoms with Crippen molar-refractivity contribution in [3.63, 3.8) is 0 Å². The Balaban J connectivity index is 1.69. The first-order valence-corrected chi connectivity index (χ1v) is 11.4. The number of carbonyl (C=O) groups excluding carboxylic acids is 3. The van der Waals surface area contributed by atoms with Crippen LogP contribution < -0.4 is 0 Å². The summed E-state index contributed by atoms with van der Waals surface area (Å²) in [6, 6.07) is 23.6. The highest BCUT2D eigenvalue weighted by Crippen LogP contribution is 2.32. The van der Waals surface area contributed by atoms with E-state index in [0.717, 1.165) is 0 Å². The lowest BCUT2D eigenvalue weighted by atomic mass is 10.0. The molecule has 1 aliphatic rings. The summed E-state index contributed by atoms with van der Waals surface area (Å²) >= 11 is 0. The van der Waals surface area contributed by atoms with Crippen molar-refractivity contribution < 1.29 is 45.9 Å². The van der Waals surface area contributed by atoms with Crippen molar-refractivity contribution in [2.45, 2.75) is 30.7 Å². The SMILES string of the molecule is [3H]C([3H])(O)[C@@H](OC(=O)c1ccccc1)[C@@H]1O[C@@H](OC)[C@H](OC(=O)c2ccccc2)[C@H]1OC(=O)c1ccccc1. The molecule has 0 aromatic heterocycles. The zero-order valence-electron chi connectivity index (χ0n) is 21.8. The van der Waals surface area contributed by atoms with Gasteiger partial charge < -0.3 is 28.8 Å². The van der Waals surface area contributed by atoms with Crippen LogP contribution in [0.3, 0.4) is 0 Å². The van der Waals surface area contributed by atoms with Gasteiger partial charge in [0, 0.05) is 7.11 Å². The largest absolute Gasteiger partial charge is 0.453 e. The second-order valence-corrected chi connectivity index (χ2v) is 8.00. The Morgan fingerprint density at radius 3 is 1.65 bits per heavy atom. The molecule has 5 atom stereocenters. The van der Waals surface area contributed by atoms with Gasteiger partial charge in [0.2, 0.25) is 0 Å². The van der Waals surface area contributed by atoms with Gasteiger partial charge in [-0.1, -0.05) is 54.6 Å². The molecule has 0 spiro atoms. The van der Waals surface area contributed by atoms with Gasteiger partial charge in [0.05, 0.1) is 26.0 Å². The number of hydrogen-bond acceptors (Lipinski definition) is 9. The molecule has 1 N–H and O–H groups in total. The van der Waals surface area contributed by atoms with Crippen LogP contribution in [0.25, 0.3) is 0 Å². The number of methoxy groups -OCH3 is 1. The van der Waals surface area contributed by atoms with Gasteiger partial charge in [0.25, 0.3) is 0 Å². The highest BCUT2D eigenvalue weighted by Gasteiger charge is 2.54. The minimum Gasteiger partial charge on any atom is -0.453 e. The summed E-state index contributed by atoms with van der Waals surface area (Å²) in [5.41, 5.74) is 0.418. The first-order valence-electron chi connectivity index (χ1n) is 12.4. The van der Waals surface area contributed by atoms with Crippen LogP contribution in [-0.2, 0) is 23.7 Å². The van der Waals surface area contributed by atoms with Gasteiger partial charge in [-0.15, -0.1) is 0 Å². The molecule has 3 aromatic rings. The highest BCUT2D eigenvalue weighted by atomic mass is 16.7. The van der Waals surface area contributed by atoms with E-state index in [4.69, 9.17) is 26.4 Å². The van der Waals surface area contributed by atoms with E-state index in [-0.39, 0.29) is 16.7 Å². The van der Waals surface area contributed by atoms with Gasteiger partial charge in [-0.05, 0) is 36.4 Å². The Morgan fingerprint density at radius 2 is 1.22 bits per heavy atom. The lowest BCUT2D eigenvalue weighted by Gasteiger charge is -2.27. The van der Waals surface area contributed by atoms with Gasteiger partial charge in [-0.3, -0.25) is 0 Å². The summed E-state index contributed by atoms with van der Waals surface area (Å²) in [7, 11) is 1.24. The molecule has 1 saturated heterocycles. The first-order chi connectivity index (χ1) is 18.7. The molecule has 9 nitrogen and oxygen atoms in total. The fourth-order valence-corrected chi connectivity index (χ4v) is 3.80. The van der Waals surface area contributed by atoms with Crippen molar-refractivity contribution in [3.05, 3.63) is 108 Å². The predicted molar refractivity (Wildman–Crippen MR) is 130 cm³/mol. The summed E-state index contributed by atoms with van der Waals surface area (Å²) in [5.74, 6) is -2.61. The van der Waals surface area contributed by atoms with Crippen LogP contribution in [-0.4, -0.2) is 67.4 Å². The third-order valence-corrected chi connectivity index (χ3v) is 5.61. The summed E-state index contributed by atoms with van der Waals surface area (Å²) < 4.78 is 43.7. The number of carbonyl (C=O) groups is 3. The smallest absolute Gasteiger partial charge is 0.338 e. The number of esters is 3. The Morgan fingerprint density at radius 1 is 0.784 bits per heavy atom. The predicted octanol–water partition coefficient (Wildman–Crippen LogP) is 3.03. The molecular formula is C28H26O9. The maximum atomic E-state index is 13.0. The number of ether oxygens (including phenoxy) is 5. The van der Waals surface area contributed by atoms with E-state index >= 15 is 0 Å². The first kappa shape index (κ1) is 23.4. The Kier molecular flexibility index (Phi) is 7.74. The zero-order chi connectivity index (χ0) is 28.0. The molecule has 3 aromatic carbocycles. The summed E-state index contributed by atoms with van der Waals surface area (Å²) in [6.45, 7) is -3.16. The number of benzene rings is 3. The molecule has 9 heteroatoms. The third kappa shape index (κ3) is 6.21. The standard InChI is InChI=1S/C28H26O9/c1-33-28-24(36-27(32)20-15-9-4-10-16-20)23(35-26(31)19-13-7-3-8-14-19)22(37-28)21(17-29)34-25(30)18-11-5-2-6-12-18/h2-16,21-24,28-29H,17H2,1H3/t21-,22+,23+,24-,28-/m1/s1/i17T2. The van der Waals surface area contributed by atoms with Gasteiger partial charge in [-0.25, -0.2) is 14.4 Å². The van der Waals surface area contributed by atoms with Crippen LogP contribution >= 0.6 is 0 Å². The van der Waals surface area contributed by atoms with Crippen molar-refractivity contribution in [2.24, 2.45) is 0 Å². The molecule has 0 bridgehead atoms. The molecule has 0 aliphatic carbocycles. The molecule has 0 saturated carbocycles. The molecular weight excluding hydrogens is 480 g/mol. The summed E-state index contributed by atoms with van der Waals surface area (Å²) in [4.78, 5) is 38.8. The number of rotatable bonds is 9. The molecule has 4 rings (SSSR count). The molecule has 0 amide bonds. The van der Waals surface area contributed by atoms with Crippen LogP contribution in [0.1, 0.15) is 33.8 Å². The second-order valence-electron chi connectivity index (χ2n) is 8.00. The average molecular weight is 511 g/mol. The van der Waals surface area contributed by atoms with Crippen molar-refractivity contribution in [2.75, 3.05) is 13.7 Å². The van der Waals surface area contributed by atoms with Crippen molar-refractivity contribution in [1.29, 1.82) is 0 Å². The quantitative estimate of drug-likeness (QED) is 0.342. The van der Waals surface area contributed by atoms with E-state index in [1.807, 2.05) is 0 Å². The van der Waals surface area contributed by atoms with Crippen molar-refractivity contribution in [3.8, 4) is 0 Å². The molecule has 0 radical (unpaired) electrons. The minimum atomic E-state index is -3.16. The molecule has 1 heterocycles. The monoisotopic (exact) mass is 510 g/mol. The van der Waals surface area contributed by atoms with Gasteiger partial charge in [-0.2, -0.15) is 0 Å². The lowest BCUT2D eigenvalue weighted by Crippen LogP contribution is -2.46. The molecule has 37 heavy (non-hydrogen) atoms. The zero-order valence-corrected chi connectivity index (χ0v) is 19.8. The van der Waals surface area contributed by atoms with Gasteiger partial charge in [0.1, 0.15) is 6.10 Å². The van der Waals surface area contributed by atoms with Crippen molar-refractivity contribution >= 4 is 17.9 Å². The topological polar surface area (TPSA) is 118 Å². The number of hydrogen-bond donors (Lipinski definition) is 1. The van der Waals surface area contributed by atoms with Gasteiger partial charge in [0.15, 0.2) is 24.6 Å². The van der Waals surface area contributed by atoms with Crippen LogP contribution in [0.5, 0.6) is 0 Å². The Labute approximate surface area is 216 Å². The Bertz CT molecular complexity index is 1270. The van der Waals surface area contributed by atoms with E-state index in [0.29, 0.717) is 0 Å². The molecule has 0 unspecified atom stereocenters. The van der Waals surface area contributed by atoms with Crippen LogP contribution in [0, 0.1) is 0 Å². The van der Waals surface area contributed by atoms with E-state index in [9.17, 15) is 19.5 Å². The lowest BCUT2D eigenvalue weighted by molar-refractivity contribution is -0.168. The van der Waals surface area contributed by atoms with Crippen LogP contribution in [0.2, 0.25) is 0 Å². The second kappa shape index (κ2) is 12.3. The average Bonchev–Trinajstić information content (AvgIpc) is 3.28. The normalized spacial score (nSPS) is 22.8. The highest BCUT2D eigenvalue weighted by molar-refractivity contribution is 5.91. The van der Waals surface area contributed by atoms with E-state index in [1.54, 1.807) is 54.6 Å². The Hall–Kier alpha value is -4.05.